The van der Waals surface area contributed by atoms with Gasteiger partial charge in [-0.3, -0.25) is 4.79 Å². The summed E-state index contributed by atoms with van der Waals surface area (Å²) in [4.78, 5) is 12.1. The lowest BCUT2D eigenvalue weighted by Gasteiger charge is -2.06. The molecule has 0 saturated heterocycles. The van der Waals surface area contributed by atoms with Crippen molar-refractivity contribution in [2.45, 2.75) is 13.3 Å². The van der Waals surface area contributed by atoms with Gasteiger partial charge in [0.15, 0.2) is 5.78 Å². The fourth-order valence-corrected chi connectivity index (χ4v) is 2.42. The Balaban J connectivity index is 2.23. The summed E-state index contributed by atoms with van der Waals surface area (Å²) in [5.74, 6) is -0.476. The van der Waals surface area contributed by atoms with E-state index in [-0.39, 0.29) is 22.5 Å². The summed E-state index contributed by atoms with van der Waals surface area (Å²) in [5.41, 5.74) is 2.29. The van der Waals surface area contributed by atoms with Gasteiger partial charge in [-0.25, -0.2) is 4.39 Å². The quantitative estimate of drug-likeness (QED) is 0.720. The maximum absolute atomic E-state index is 13.1. The topological polar surface area (TPSA) is 17.1 Å². The minimum absolute atomic E-state index is 0.0912. The summed E-state index contributed by atoms with van der Waals surface area (Å²) >= 11 is 9.17. The van der Waals surface area contributed by atoms with Crippen LogP contribution in [0.2, 0.25) is 5.02 Å². The van der Waals surface area contributed by atoms with Crippen molar-refractivity contribution in [3.05, 3.63) is 68.4 Å². The molecule has 0 saturated carbocycles. The van der Waals surface area contributed by atoms with E-state index in [9.17, 15) is 9.18 Å². The normalized spacial score (nSPS) is 10.5. The van der Waals surface area contributed by atoms with Crippen LogP contribution < -0.4 is 0 Å². The monoisotopic (exact) mass is 340 g/mol. The highest BCUT2D eigenvalue weighted by Gasteiger charge is 2.11. The van der Waals surface area contributed by atoms with Gasteiger partial charge in [-0.05, 0) is 58.2 Å². The van der Waals surface area contributed by atoms with E-state index in [1.165, 1.54) is 18.2 Å². The lowest BCUT2D eigenvalue weighted by atomic mass is 10.0. The van der Waals surface area contributed by atoms with Gasteiger partial charge >= 0.3 is 0 Å². The molecular formula is C15H11BrClFO. The number of hydrogen-bond donors (Lipinski definition) is 0. The van der Waals surface area contributed by atoms with Crippen LogP contribution in [0.15, 0.2) is 40.9 Å². The molecular weight excluding hydrogens is 331 g/mol. The molecule has 0 aromatic heterocycles. The molecule has 2 aromatic carbocycles. The van der Waals surface area contributed by atoms with Gasteiger partial charge < -0.3 is 0 Å². The standard InChI is InChI=1S/C15H11BrClFO/c1-9-2-3-10(13(17)6-9)8-15(19)11-4-5-14(18)12(16)7-11/h2-7H,8H2,1H3. The first kappa shape index (κ1) is 14.2. The predicted octanol–water partition coefficient (Wildman–Crippen LogP) is 4.98. The van der Waals surface area contributed by atoms with Crippen molar-refractivity contribution in [1.82, 2.24) is 0 Å². The van der Waals surface area contributed by atoms with Crippen LogP contribution >= 0.6 is 27.5 Å². The number of Topliss-reactive ketones (excluding diaryl/α,β-unsaturated/α-hetero) is 1. The first-order valence-corrected chi connectivity index (χ1v) is 6.88. The molecule has 98 valence electrons. The smallest absolute Gasteiger partial charge is 0.167 e. The van der Waals surface area contributed by atoms with Crippen LogP contribution in [0, 0.1) is 12.7 Å². The number of carbonyl (C=O) groups is 1. The third-order valence-electron chi connectivity index (χ3n) is 2.80. The van der Waals surface area contributed by atoms with Crippen LogP contribution in [-0.4, -0.2) is 5.78 Å². The third kappa shape index (κ3) is 3.43. The maximum atomic E-state index is 13.1. The van der Waals surface area contributed by atoms with Gasteiger partial charge in [0, 0.05) is 17.0 Å². The number of halogens is 3. The third-order valence-corrected chi connectivity index (χ3v) is 3.76. The molecule has 0 radical (unpaired) electrons. The second-order valence-electron chi connectivity index (χ2n) is 4.32. The van der Waals surface area contributed by atoms with Crippen LogP contribution in [0.3, 0.4) is 0 Å². The molecule has 0 bridgehead atoms. The average Bonchev–Trinajstić information content (AvgIpc) is 2.36. The van der Waals surface area contributed by atoms with Crippen LogP contribution in [0.5, 0.6) is 0 Å². The Kier molecular flexibility index (Phi) is 4.38. The summed E-state index contributed by atoms with van der Waals surface area (Å²) < 4.78 is 13.4. The van der Waals surface area contributed by atoms with Crippen LogP contribution in [0.25, 0.3) is 0 Å². The number of rotatable bonds is 3. The van der Waals surface area contributed by atoms with Crippen molar-refractivity contribution in [2.24, 2.45) is 0 Å². The molecule has 0 heterocycles. The van der Waals surface area contributed by atoms with E-state index in [1.54, 1.807) is 0 Å². The Bertz CT molecular complexity index is 640. The fraction of sp³-hybridized carbons (Fsp3) is 0.133. The molecule has 4 heteroatoms. The van der Waals surface area contributed by atoms with Crippen LogP contribution in [-0.2, 0) is 6.42 Å². The SMILES string of the molecule is Cc1ccc(CC(=O)c2ccc(F)c(Br)c2)c(Cl)c1. The van der Waals surface area contributed by atoms with E-state index in [0.717, 1.165) is 11.1 Å². The van der Waals surface area contributed by atoms with E-state index >= 15 is 0 Å². The largest absolute Gasteiger partial charge is 0.294 e. The highest BCUT2D eigenvalue weighted by Crippen LogP contribution is 2.21. The highest BCUT2D eigenvalue weighted by atomic mass is 79.9. The van der Waals surface area contributed by atoms with Crippen LogP contribution in [0.4, 0.5) is 4.39 Å². The minimum atomic E-state index is -0.384. The molecule has 0 aliphatic carbocycles. The average molecular weight is 342 g/mol. The van der Waals surface area contributed by atoms with E-state index in [0.29, 0.717) is 10.6 Å². The summed E-state index contributed by atoms with van der Waals surface area (Å²) in [6.45, 7) is 1.94. The summed E-state index contributed by atoms with van der Waals surface area (Å²) in [5, 5.41) is 0.578. The lowest BCUT2D eigenvalue weighted by molar-refractivity contribution is 0.0993. The first-order chi connectivity index (χ1) is 8.97. The first-order valence-electron chi connectivity index (χ1n) is 5.70. The molecule has 2 aromatic rings. The Morgan fingerprint density at radius 1 is 1.26 bits per heavy atom. The molecule has 0 atom stereocenters. The second kappa shape index (κ2) is 5.85. The van der Waals surface area contributed by atoms with Gasteiger partial charge in [-0.1, -0.05) is 23.7 Å². The molecule has 2 rings (SSSR count). The Hall–Kier alpha value is -1.19. The van der Waals surface area contributed by atoms with E-state index < -0.39 is 0 Å². The predicted molar refractivity (Wildman–Crippen MR) is 78.3 cm³/mol. The number of ketones is 1. The van der Waals surface area contributed by atoms with Gasteiger partial charge in [0.25, 0.3) is 0 Å². The molecule has 0 aliphatic rings. The van der Waals surface area contributed by atoms with E-state index in [4.69, 9.17) is 11.6 Å². The number of aryl methyl sites for hydroxylation is 1. The fourth-order valence-electron chi connectivity index (χ4n) is 1.74. The molecule has 0 aliphatic heterocycles. The van der Waals surface area contributed by atoms with Gasteiger partial charge in [0.05, 0.1) is 4.47 Å². The van der Waals surface area contributed by atoms with Crippen LogP contribution in [0.1, 0.15) is 21.5 Å². The van der Waals surface area contributed by atoms with Crippen molar-refractivity contribution >= 4 is 33.3 Å². The molecule has 0 spiro atoms. The van der Waals surface area contributed by atoms with Gasteiger partial charge in [-0.15, -0.1) is 0 Å². The Morgan fingerprint density at radius 2 is 2.00 bits per heavy atom. The molecule has 19 heavy (non-hydrogen) atoms. The van der Waals surface area contributed by atoms with E-state index in [2.05, 4.69) is 15.9 Å². The minimum Gasteiger partial charge on any atom is -0.294 e. The Morgan fingerprint density at radius 3 is 2.63 bits per heavy atom. The number of carbonyl (C=O) groups excluding carboxylic acids is 1. The lowest BCUT2D eigenvalue weighted by Crippen LogP contribution is -2.04. The van der Waals surface area contributed by atoms with Crippen molar-refractivity contribution < 1.29 is 9.18 Å². The zero-order chi connectivity index (χ0) is 14.0. The molecule has 0 amide bonds. The van der Waals surface area contributed by atoms with E-state index in [1.807, 2.05) is 25.1 Å². The molecule has 0 N–H and O–H groups in total. The van der Waals surface area contributed by atoms with Crippen molar-refractivity contribution in [3.8, 4) is 0 Å². The zero-order valence-electron chi connectivity index (χ0n) is 10.2. The maximum Gasteiger partial charge on any atom is 0.167 e. The molecule has 1 nitrogen and oxygen atoms in total. The summed E-state index contributed by atoms with van der Waals surface area (Å²) in [7, 11) is 0. The number of hydrogen-bond acceptors (Lipinski definition) is 1. The zero-order valence-corrected chi connectivity index (χ0v) is 12.6. The number of benzene rings is 2. The Labute approximate surface area is 124 Å². The van der Waals surface area contributed by atoms with Crippen molar-refractivity contribution in [3.63, 3.8) is 0 Å². The summed E-state index contributed by atoms with van der Waals surface area (Å²) in [6, 6.07) is 9.81. The second-order valence-corrected chi connectivity index (χ2v) is 5.59. The van der Waals surface area contributed by atoms with Gasteiger partial charge in [0.2, 0.25) is 0 Å². The highest BCUT2D eigenvalue weighted by molar-refractivity contribution is 9.10. The molecule has 0 fully saturated rings. The van der Waals surface area contributed by atoms with Crippen molar-refractivity contribution in [2.75, 3.05) is 0 Å². The van der Waals surface area contributed by atoms with Gasteiger partial charge in [0.1, 0.15) is 5.82 Å². The van der Waals surface area contributed by atoms with Gasteiger partial charge in [-0.2, -0.15) is 0 Å². The van der Waals surface area contributed by atoms with Crippen molar-refractivity contribution in [1.29, 1.82) is 0 Å². The molecule has 0 unspecified atom stereocenters. The summed E-state index contributed by atoms with van der Waals surface area (Å²) in [6.07, 6.45) is 0.206.